The van der Waals surface area contributed by atoms with E-state index in [0.717, 1.165) is 29.6 Å². The number of urea groups is 1. The molecular formula is C16H22N4O. The number of aromatic nitrogens is 2. The van der Waals surface area contributed by atoms with Crippen molar-refractivity contribution in [1.82, 2.24) is 14.9 Å². The normalized spacial score (nSPS) is 15.8. The molecule has 2 aromatic rings. The van der Waals surface area contributed by atoms with E-state index in [0.29, 0.717) is 12.1 Å². The highest BCUT2D eigenvalue weighted by atomic mass is 16.2. The van der Waals surface area contributed by atoms with E-state index < -0.39 is 0 Å². The second-order valence-electron chi connectivity index (χ2n) is 6.03. The average Bonchev–Trinajstić information content (AvgIpc) is 3.06. The molecular weight excluding hydrogens is 264 g/mol. The van der Waals surface area contributed by atoms with Gasteiger partial charge in [-0.2, -0.15) is 0 Å². The summed E-state index contributed by atoms with van der Waals surface area (Å²) in [4.78, 5) is 16.4. The molecule has 2 N–H and O–H groups in total. The Hall–Kier alpha value is -2.04. The van der Waals surface area contributed by atoms with Gasteiger partial charge in [-0.1, -0.05) is 12.8 Å². The van der Waals surface area contributed by atoms with Crippen molar-refractivity contribution in [3.05, 3.63) is 24.5 Å². The molecule has 0 bridgehead atoms. The zero-order valence-electron chi connectivity index (χ0n) is 12.6. The predicted octanol–water partition coefficient (Wildman–Crippen LogP) is 3.68. The van der Waals surface area contributed by atoms with Crippen LogP contribution in [-0.2, 0) is 0 Å². The van der Waals surface area contributed by atoms with E-state index in [2.05, 4.69) is 34.0 Å². The van der Waals surface area contributed by atoms with Crippen molar-refractivity contribution < 1.29 is 4.79 Å². The number of anilines is 1. The molecule has 1 fully saturated rings. The Balaban J connectivity index is 1.71. The monoisotopic (exact) mass is 286 g/mol. The second kappa shape index (κ2) is 5.76. The number of fused-ring (bicyclic) bond motifs is 1. The maximum Gasteiger partial charge on any atom is 0.319 e. The number of carbonyl (C=O) groups is 1. The van der Waals surface area contributed by atoms with Gasteiger partial charge in [0.25, 0.3) is 0 Å². The zero-order chi connectivity index (χ0) is 14.8. The number of nitrogens with one attached hydrogen (secondary N) is 2. The van der Waals surface area contributed by atoms with E-state index in [-0.39, 0.29) is 6.03 Å². The highest BCUT2D eigenvalue weighted by molar-refractivity contribution is 5.92. The molecule has 1 aliphatic carbocycles. The van der Waals surface area contributed by atoms with E-state index in [1.54, 1.807) is 0 Å². The van der Waals surface area contributed by atoms with Crippen molar-refractivity contribution in [2.75, 3.05) is 5.32 Å². The Morgan fingerprint density at radius 3 is 2.81 bits per heavy atom. The highest BCUT2D eigenvalue weighted by Crippen LogP contribution is 2.21. The lowest BCUT2D eigenvalue weighted by Crippen LogP contribution is -2.36. The van der Waals surface area contributed by atoms with Crippen molar-refractivity contribution in [1.29, 1.82) is 0 Å². The third-order valence-electron chi connectivity index (χ3n) is 4.08. The van der Waals surface area contributed by atoms with Gasteiger partial charge in [0.2, 0.25) is 0 Å². The molecule has 0 saturated heterocycles. The molecule has 3 rings (SSSR count). The number of hydrogen-bond acceptors (Lipinski definition) is 2. The second-order valence-corrected chi connectivity index (χ2v) is 6.03. The van der Waals surface area contributed by atoms with Crippen LogP contribution in [0.5, 0.6) is 0 Å². The van der Waals surface area contributed by atoms with Crippen molar-refractivity contribution in [2.24, 2.45) is 0 Å². The van der Waals surface area contributed by atoms with Gasteiger partial charge in [-0.15, -0.1) is 0 Å². The quantitative estimate of drug-likeness (QED) is 0.904. The van der Waals surface area contributed by atoms with Crippen molar-refractivity contribution in [2.45, 2.75) is 51.6 Å². The summed E-state index contributed by atoms with van der Waals surface area (Å²) in [6.45, 7) is 4.25. The minimum absolute atomic E-state index is 0.121. The summed E-state index contributed by atoms with van der Waals surface area (Å²) in [6, 6.07) is 6.44. The molecule has 5 heteroatoms. The molecule has 112 valence electrons. The zero-order valence-corrected chi connectivity index (χ0v) is 12.6. The van der Waals surface area contributed by atoms with Crippen molar-refractivity contribution in [3.63, 3.8) is 0 Å². The van der Waals surface area contributed by atoms with Crippen LogP contribution in [0.25, 0.3) is 11.0 Å². The SMILES string of the molecule is CC(C)n1cnc2cc(NC(=O)NC3CCCC3)ccc21. The summed E-state index contributed by atoms with van der Waals surface area (Å²) in [7, 11) is 0. The van der Waals surface area contributed by atoms with Gasteiger partial charge < -0.3 is 15.2 Å². The standard InChI is InChI=1S/C16H22N4O/c1-11(2)20-10-17-14-9-13(7-8-15(14)20)19-16(21)18-12-5-3-4-6-12/h7-12H,3-6H2,1-2H3,(H2,18,19,21). The molecule has 1 saturated carbocycles. The molecule has 2 amide bonds. The largest absolute Gasteiger partial charge is 0.335 e. The Bertz CT molecular complexity index is 641. The van der Waals surface area contributed by atoms with E-state index in [9.17, 15) is 4.79 Å². The van der Waals surface area contributed by atoms with Crippen LogP contribution >= 0.6 is 0 Å². The smallest absolute Gasteiger partial charge is 0.319 e. The summed E-state index contributed by atoms with van der Waals surface area (Å²) in [5, 5.41) is 5.92. The first-order valence-corrected chi connectivity index (χ1v) is 7.67. The molecule has 0 atom stereocenters. The molecule has 1 aromatic carbocycles. The van der Waals surface area contributed by atoms with Gasteiger partial charge in [0.1, 0.15) is 0 Å². The molecule has 0 aliphatic heterocycles. The molecule has 0 unspecified atom stereocenters. The maximum absolute atomic E-state index is 12.0. The van der Waals surface area contributed by atoms with Crippen LogP contribution in [-0.4, -0.2) is 21.6 Å². The van der Waals surface area contributed by atoms with Crippen LogP contribution in [0.15, 0.2) is 24.5 Å². The summed E-state index contributed by atoms with van der Waals surface area (Å²) in [5.74, 6) is 0. The van der Waals surface area contributed by atoms with Crippen LogP contribution in [0.4, 0.5) is 10.5 Å². The fourth-order valence-corrected chi connectivity index (χ4v) is 2.94. The van der Waals surface area contributed by atoms with Crippen molar-refractivity contribution >= 4 is 22.8 Å². The first-order chi connectivity index (χ1) is 10.1. The van der Waals surface area contributed by atoms with Crippen LogP contribution in [0.1, 0.15) is 45.6 Å². The average molecular weight is 286 g/mol. The topological polar surface area (TPSA) is 59.0 Å². The summed E-state index contributed by atoms with van der Waals surface area (Å²) >= 11 is 0. The molecule has 1 aromatic heterocycles. The van der Waals surface area contributed by atoms with Gasteiger partial charge in [-0.25, -0.2) is 9.78 Å². The molecule has 5 nitrogen and oxygen atoms in total. The molecule has 0 spiro atoms. The van der Waals surface area contributed by atoms with Gasteiger partial charge >= 0.3 is 6.03 Å². The van der Waals surface area contributed by atoms with E-state index in [1.165, 1.54) is 12.8 Å². The first-order valence-electron chi connectivity index (χ1n) is 7.67. The number of imidazole rings is 1. The molecule has 21 heavy (non-hydrogen) atoms. The predicted molar refractivity (Wildman–Crippen MR) is 84.5 cm³/mol. The molecule has 0 radical (unpaired) electrons. The van der Waals surface area contributed by atoms with Crippen LogP contribution in [0.3, 0.4) is 0 Å². The fraction of sp³-hybridized carbons (Fsp3) is 0.500. The highest BCUT2D eigenvalue weighted by Gasteiger charge is 2.17. The lowest BCUT2D eigenvalue weighted by atomic mass is 10.2. The van der Waals surface area contributed by atoms with Gasteiger partial charge in [0.05, 0.1) is 17.4 Å². The third kappa shape index (κ3) is 3.01. The Morgan fingerprint density at radius 1 is 1.33 bits per heavy atom. The van der Waals surface area contributed by atoms with E-state index in [1.807, 2.05) is 24.5 Å². The van der Waals surface area contributed by atoms with Crippen molar-refractivity contribution in [3.8, 4) is 0 Å². The van der Waals surface area contributed by atoms with Gasteiger partial charge in [-0.05, 0) is 44.9 Å². The van der Waals surface area contributed by atoms with Gasteiger partial charge in [0.15, 0.2) is 0 Å². The van der Waals surface area contributed by atoms with E-state index in [4.69, 9.17) is 0 Å². The number of hydrogen-bond donors (Lipinski definition) is 2. The first kappa shape index (κ1) is 13.9. The third-order valence-corrected chi connectivity index (χ3v) is 4.08. The van der Waals surface area contributed by atoms with E-state index >= 15 is 0 Å². The van der Waals surface area contributed by atoms with Gasteiger partial charge in [-0.3, -0.25) is 0 Å². The minimum atomic E-state index is -0.121. The Morgan fingerprint density at radius 2 is 2.10 bits per heavy atom. The number of rotatable bonds is 3. The van der Waals surface area contributed by atoms with Crippen LogP contribution in [0.2, 0.25) is 0 Å². The molecule has 1 aliphatic rings. The van der Waals surface area contributed by atoms with Crippen LogP contribution in [0, 0.1) is 0 Å². The number of carbonyl (C=O) groups excluding carboxylic acids is 1. The molecule has 1 heterocycles. The minimum Gasteiger partial charge on any atom is -0.335 e. The number of amides is 2. The summed E-state index contributed by atoms with van der Waals surface area (Å²) < 4.78 is 2.12. The van der Waals surface area contributed by atoms with Gasteiger partial charge in [0, 0.05) is 17.8 Å². The Labute approximate surface area is 124 Å². The summed E-state index contributed by atoms with van der Waals surface area (Å²) in [6.07, 6.45) is 6.45. The number of nitrogens with zero attached hydrogens (tertiary/aromatic N) is 2. The fourth-order valence-electron chi connectivity index (χ4n) is 2.94. The van der Waals surface area contributed by atoms with Crippen LogP contribution < -0.4 is 10.6 Å². The Kier molecular flexibility index (Phi) is 3.82. The summed E-state index contributed by atoms with van der Waals surface area (Å²) in [5.41, 5.74) is 2.78. The maximum atomic E-state index is 12.0. The number of benzene rings is 1. The lowest BCUT2D eigenvalue weighted by Gasteiger charge is -2.13. The lowest BCUT2D eigenvalue weighted by molar-refractivity contribution is 0.248.